The maximum atomic E-state index is 14.0. The van der Waals surface area contributed by atoms with Crippen LogP contribution in [0.1, 0.15) is 37.7 Å². The molecule has 0 aromatic heterocycles. The van der Waals surface area contributed by atoms with Gasteiger partial charge in [0.25, 0.3) is 0 Å². The van der Waals surface area contributed by atoms with Gasteiger partial charge in [-0.2, -0.15) is 0 Å². The topological polar surface area (TPSA) is 67.4 Å². The van der Waals surface area contributed by atoms with Gasteiger partial charge in [0.05, 0.1) is 17.9 Å². The van der Waals surface area contributed by atoms with Crippen molar-refractivity contribution in [1.29, 1.82) is 0 Å². The molecule has 1 aliphatic carbocycles. The fourth-order valence-corrected chi connectivity index (χ4v) is 6.43. The molecule has 1 heterocycles. The molecule has 174 valence electrons. The average Bonchev–Trinajstić information content (AvgIpc) is 2.73. The lowest BCUT2D eigenvalue weighted by Gasteiger charge is -2.40. The van der Waals surface area contributed by atoms with Crippen LogP contribution in [0.5, 0.6) is 0 Å². The van der Waals surface area contributed by atoms with Gasteiger partial charge in [-0.3, -0.25) is 4.39 Å². The number of rotatable bonds is 8. The number of ether oxygens (including phenoxy) is 1. The largest absolute Gasteiger partial charge is 0.383 e. The molecule has 2 N–H and O–H groups in total. The van der Waals surface area contributed by atoms with Gasteiger partial charge in [-0.05, 0) is 61.6 Å². The minimum absolute atomic E-state index is 0.0799. The molecule has 2 aliphatic rings. The highest BCUT2D eigenvalue weighted by atomic mass is 79.9. The molecule has 0 radical (unpaired) electrons. The highest BCUT2D eigenvalue weighted by molar-refractivity contribution is 9.10. The highest BCUT2D eigenvalue weighted by Gasteiger charge is 2.40. The molecule has 5 nitrogen and oxygen atoms in total. The van der Waals surface area contributed by atoms with Crippen LogP contribution < -0.4 is 10.0 Å². The molecule has 0 amide bonds. The van der Waals surface area contributed by atoms with Crippen LogP contribution in [0.25, 0.3) is 0 Å². The quantitative estimate of drug-likeness (QED) is 0.498. The zero-order chi connectivity index (χ0) is 22.8. The molecule has 2 aromatic rings. The summed E-state index contributed by atoms with van der Waals surface area (Å²) < 4.78 is 63.8. The third-order valence-corrected chi connectivity index (χ3v) is 8.72. The Morgan fingerprint density at radius 3 is 2.44 bits per heavy atom. The second-order valence-electron chi connectivity index (χ2n) is 8.79. The van der Waals surface area contributed by atoms with Gasteiger partial charge in [0, 0.05) is 29.6 Å². The van der Waals surface area contributed by atoms with Crippen LogP contribution in [0, 0.1) is 11.2 Å². The Morgan fingerprint density at radius 1 is 1.06 bits per heavy atom. The zero-order valence-electron chi connectivity index (χ0n) is 17.7. The van der Waals surface area contributed by atoms with E-state index < -0.39 is 33.5 Å². The van der Waals surface area contributed by atoms with Crippen LogP contribution >= 0.6 is 15.9 Å². The lowest BCUT2D eigenvalue weighted by Crippen LogP contribution is -2.49. The lowest BCUT2D eigenvalue weighted by atomic mass is 9.70. The summed E-state index contributed by atoms with van der Waals surface area (Å²) >= 11 is 3.40. The van der Waals surface area contributed by atoms with Crippen LogP contribution in [-0.4, -0.2) is 34.9 Å². The van der Waals surface area contributed by atoms with E-state index in [9.17, 15) is 17.2 Å². The van der Waals surface area contributed by atoms with Crippen molar-refractivity contribution in [3.05, 3.63) is 58.3 Å². The Balaban J connectivity index is 1.66. The van der Waals surface area contributed by atoms with Crippen molar-refractivity contribution in [3.8, 4) is 0 Å². The molecular weight excluding hydrogens is 502 g/mol. The van der Waals surface area contributed by atoms with Crippen molar-refractivity contribution < 1.29 is 21.9 Å². The van der Waals surface area contributed by atoms with Crippen molar-refractivity contribution >= 4 is 31.6 Å². The summed E-state index contributed by atoms with van der Waals surface area (Å²) in [5, 5.41) is 3.18. The highest BCUT2D eigenvalue weighted by Crippen LogP contribution is 2.42. The van der Waals surface area contributed by atoms with E-state index in [1.54, 1.807) is 24.3 Å². The Hall–Kier alpha value is -1.55. The first-order valence-electron chi connectivity index (χ1n) is 10.7. The zero-order valence-corrected chi connectivity index (χ0v) is 20.1. The van der Waals surface area contributed by atoms with Crippen molar-refractivity contribution in [2.24, 2.45) is 5.41 Å². The molecule has 1 aliphatic heterocycles. The van der Waals surface area contributed by atoms with E-state index in [0.29, 0.717) is 48.3 Å². The number of halogens is 3. The van der Waals surface area contributed by atoms with E-state index in [1.807, 2.05) is 0 Å². The maximum Gasteiger partial charge on any atom is 0.243 e. The van der Waals surface area contributed by atoms with Crippen LogP contribution in [0.3, 0.4) is 0 Å². The molecule has 0 atom stereocenters. The van der Waals surface area contributed by atoms with Crippen molar-refractivity contribution in [2.45, 2.75) is 42.5 Å². The monoisotopic (exact) mass is 528 g/mol. The van der Waals surface area contributed by atoms with E-state index in [4.69, 9.17) is 4.74 Å². The second-order valence-corrected chi connectivity index (χ2v) is 11.4. The summed E-state index contributed by atoms with van der Waals surface area (Å²) in [6.45, 7) is 0.662. The molecule has 4 rings (SSSR count). The lowest BCUT2D eigenvalue weighted by molar-refractivity contribution is 0.0458. The first-order chi connectivity index (χ1) is 15.3. The summed E-state index contributed by atoms with van der Waals surface area (Å²) in [4.78, 5) is 0.0799. The number of hydrogen-bond acceptors (Lipinski definition) is 4. The molecule has 1 saturated heterocycles. The maximum absolute atomic E-state index is 14.0. The summed E-state index contributed by atoms with van der Waals surface area (Å²) in [7, 11) is -3.99. The standard InChI is InChI=1S/C23H27BrF2N2O3S/c24-18-5-6-21(20(14-18)27-16-22(15-25)7-2-8-22)32(29,30)28-23(9-11-31-12-10-23)17-3-1-4-19(26)13-17/h1,3-6,13-14,27-28H,2,7-12,15-16H2. The Bertz CT molecular complexity index is 1070. The van der Waals surface area contributed by atoms with E-state index in [2.05, 4.69) is 26.0 Å². The summed E-state index contributed by atoms with van der Waals surface area (Å²) in [5.41, 5.74) is -0.423. The smallest absolute Gasteiger partial charge is 0.243 e. The van der Waals surface area contributed by atoms with Gasteiger partial charge in [0.15, 0.2) is 0 Å². The van der Waals surface area contributed by atoms with E-state index >= 15 is 0 Å². The first-order valence-corrected chi connectivity index (χ1v) is 13.0. The van der Waals surface area contributed by atoms with Crippen molar-refractivity contribution in [3.63, 3.8) is 0 Å². The average molecular weight is 529 g/mol. The van der Waals surface area contributed by atoms with Crippen LogP contribution in [0.4, 0.5) is 14.5 Å². The number of sulfonamides is 1. The summed E-state index contributed by atoms with van der Waals surface area (Å²) in [6.07, 6.45) is 3.33. The van der Waals surface area contributed by atoms with Crippen LogP contribution in [-0.2, 0) is 20.3 Å². The first kappa shape index (κ1) is 23.6. The number of anilines is 1. The Morgan fingerprint density at radius 2 is 1.81 bits per heavy atom. The van der Waals surface area contributed by atoms with Gasteiger partial charge in [-0.15, -0.1) is 0 Å². The van der Waals surface area contributed by atoms with Gasteiger partial charge >= 0.3 is 0 Å². The molecule has 0 spiro atoms. The molecule has 2 aromatic carbocycles. The van der Waals surface area contributed by atoms with E-state index in [0.717, 1.165) is 19.3 Å². The minimum Gasteiger partial charge on any atom is -0.383 e. The second kappa shape index (κ2) is 9.37. The van der Waals surface area contributed by atoms with E-state index in [1.165, 1.54) is 18.2 Å². The van der Waals surface area contributed by atoms with Gasteiger partial charge in [0.2, 0.25) is 10.0 Å². The number of alkyl halides is 1. The van der Waals surface area contributed by atoms with Gasteiger partial charge in [-0.1, -0.05) is 34.5 Å². The fraction of sp³-hybridized carbons (Fsp3) is 0.478. The Kier molecular flexibility index (Phi) is 6.91. The molecule has 0 unspecified atom stereocenters. The third-order valence-electron chi connectivity index (χ3n) is 6.64. The van der Waals surface area contributed by atoms with Crippen molar-refractivity contribution in [2.75, 3.05) is 31.7 Å². The number of nitrogens with one attached hydrogen (secondary N) is 2. The third kappa shape index (κ3) is 4.85. The molecule has 9 heteroatoms. The van der Waals surface area contributed by atoms with Crippen molar-refractivity contribution in [1.82, 2.24) is 4.72 Å². The predicted molar refractivity (Wildman–Crippen MR) is 123 cm³/mol. The van der Waals surface area contributed by atoms with Gasteiger partial charge in [0.1, 0.15) is 10.7 Å². The van der Waals surface area contributed by atoms with Gasteiger partial charge in [-0.25, -0.2) is 17.5 Å². The normalized spacial score (nSPS) is 19.8. The summed E-state index contributed by atoms with van der Waals surface area (Å²) in [5.74, 6) is -0.421. The molecule has 1 saturated carbocycles. The van der Waals surface area contributed by atoms with Crippen LogP contribution in [0.15, 0.2) is 51.8 Å². The van der Waals surface area contributed by atoms with E-state index in [-0.39, 0.29) is 4.90 Å². The predicted octanol–water partition coefficient (Wildman–Crippen LogP) is 5.12. The fourth-order valence-electron chi connectivity index (χ4n) is 4.46. The molecular formula is C23H27BrF2N2O3S. The van der Waals surface area contributed by atoms with Crippen LogP contribution in [0.2, 0.25) is 0 Å². The van der Waals surface area contributed by atoms with Gasteiger partial charge < -0.3 is 10.1 Å². The molecule has 0 bridgehead atoms. The molecule has 2 fully saturated rings. The Labute approximate surface area is 196 Å². The number of benzene rings is 2. The minimum atomic E-state index is -3.99. The SMILES string of the molecule is O=S(=O)(NC1(c2cccc(F)c2)CCOCC1)c1ccc(Br)cc1NCC1(CF)CCC1. The number of hydrogen-bond donors (Lipinski definition) is 2. The molecule has 32 heavy (non-hydrogen) atoms. The summed E-state index contributed by atoms with van der Waals surface area (Å²) in [6, 6.07) is 10.9.